The Morgan fingerprint density at radius 3 is 2.68 bits per heavy atom. The Balaban J connectivity index is 1.92. The minimum atomic E-state index is -0.805. The van der Waals surface area contributed by atoms with Crippen LogP contribution in [0.2, 0.25) is 5.02 Å². The van der Waals surface area contributed by atoms with E-state index in [0.717, 1.165) is 27.6 Å². The zero-order valence-electron chi connectivity index (χ0n) is 14.5. The number of rotatable bonds is 3. The number of hydrogen-bond donors (Lipinski definition) is 2. The molecule has 0 spiro atoms. The van der Waals surface area contributed by atoms with E-state index in [1.807, 2.05) is 42.6 Å². The highest BCUT2D eigenvalue weighted by molar-refractivity contribution is 6.30. The summed E-state index contributed by atoms with van der Waals surface area (Å²) in [5.74, 6) is 0. The Morgan fingerprint density at radius 1 is 1.11 bits per heavy atom. The van der Waals surface area contributed by atoms with E-state index >= 15 is 0 Å². The van der Waals surface area contributed by atoms with Crippen molar-refractivity contribution in [2.45, 2.75) is 6.67 Å². The van der Waals surface area contributed by atoms with Gasteiger partial charge in [-0.3, -0.25) is 9.89 Å². The average Bonchev–Trinajstić information content (AvgIpc) is 3.30. The van der Waals surface area contributed by atoms with E-state index in [0.29, 0.717) is 16.4 Å². The summed E-state index contributed by atoms with van der Waals surface area (Å²) in [5, 5.41) is 4.73. The van der Waals surface area contributed by atoms with Gasteiger partial charge < -0.3 is 4.98 Å². The second-order valence-corrected chi connectivity index (χ2v) is 6.93. The number of aromatic nitrogens is 4. The van der Waals surface area contributed by atoms with Gasteiger partial charge in [-0.15, -0.1) is 0 Å². The largest absolute Gasteiger partial charge is 0.361 e. The second-order valence-electron chi connectivity index (χ2n) is 6.49. The van der Waals surface area contributed by atoms with Crippen LogP contribution in [0.4, 0.5) is 4.39 Å². The monoisotopic (exact) mass is 392 g/mol. The molecule has 0 aliphatic heterocycles. The van der Waals surface area contributed by atoms with E-state index in [2.05, 4.69) is 15.1 Å². The van der Waals surface area contributed by atoms with Crippen LogP contribution in [-0.4, -0.2) is 19.6 Å². The molecule has 0 saturated heterocycles. The first-order valence-corrected chi connectivity index (χ1v) is 9.06. The van der Waals surface area contributed by atoms with Crippen LogP contribution in [0.1, 0.15) is 5.69 Å². The molecule has 2 N–H and O–H groups in total. The molecule has 5 rings (SSSR count). The third kappa shape index (κ3) is 2.53. The van der Waals surface area contributed by atoms with Crippen LogP contribution < -0.4 is 5.56 Å². The molecule has 3 aromatic heterocycles. The summed E-state index contributed by atoms with van der Waals surface area (Å²) in [5.41, 5.74) is 4.25. The summed E-state index contributed by atoms with van der Waals surface area (Å²) < 4.78 is 14.6. The van der Waals surface area contributed by atoms with E-state index in [1.165, 1.54) is 10.6 Å². The molecule has 0 amide bonds. The van der Waals surface area contributed by atoms with Gasteiger partial charge >= 0.3 is 0 Å². The van der Waals surface area contributed by atoms with Crippen molar-refractivity contribution >= 4 is 28.2 Å². The first kappa shape index (κ1) is 16.8. The second kappa shape index (κ2) is 6.35. The summed E-state index contributed by atoms with van der Waals surface area (Å²) in [6, 6.07) is 16.4. The zero-order chi connectivity index (χ0) is 19.3. The van der Waals surface area contributed by atoms with E-state index in [9.17, 15) is 9.18 Å². The Hall–Kier alpha value is -3.38. The number of nitrogens with one attached hydrogen (secondary N) is 2. The van der Waals surface area contributed by atoms with Gasteiger partial charge in [-0.1, -0.05) is 41.9 Å². The molecule has 138 valence electrons. The smallest absolute Gasteiger partial charge is 0.273 e. The first-order chi connectivity index (χ1) is 13.7. The van der Waals surface area contributed by atoms with Gasteiger partial charge in [0.15, 0.2) is 5.65 Å². The van der Waals surface area contributed by atoms with Gasteiger partial charge in [0.2, 0.25) is 0 Å². The van der Waals surface area contributed by atoms with Crippen molar-refractivity contribution < 1.29 is 4.39 Å². The highest BCUT2D eigenvalue weighted by Gasteiger charge is 2.21. The molecule has 28 heavy (non-hydrogen) atoms. The maximum atomic E-state index is 13.3. The highest BCUT2D eigenvalue weighted by atomic mass is 35.5. The summed E-state index contributed by atoms with van der Waals surface area (Å²) in [6.45, 7) is -0.805. The zero-order valence-corrected chi connectivity index (χ0v) is 15.3. The lowest BCUT2D eigenvalue weighted by atomic mass is 10.0. The number of H-pyrrole nitrogens is 2. The number of aromatic amines is 2. The Labute approximate surface area is 163 Å². The molecular formula is C21H14ClFN4O. The molecule has 0 aliphatic carbocycles. The summed E-state index contributed by atoms with van der Waals surface area (Å²) in [6.07, 6.45) is 1.88. The van der Waals surface area contributed by atoms with E-state index < -0.39 is 6.67 Å². The number of nitrogens with zero attached hydrogens (tertiary/aromatic N) is 2. The fourth-order valence-corrected chi connectivity index (χ4v) is 3.64. The fraction of sp³-hybridized carbons (Fsp3) is 0.0476. The van der Waals surface area contributed by atoms with Crippen LogP contribution in [0.5, 0.6) is 0 Å². The van der Waals surface area contributed by atoms with Crippen molar-refractivity contribution in [2.75, 3.05) is 0 Å². The van der Waals surface area contributed by atoms with Crippen LogP contribution >= 0.6 is 11.6 Å². The van der Waals surface area contributed by atoms with E-state index in [4.69, 9.17) is 11.6 Å². The predicted molar refractivity (Wildman–Crippen MR) is 108 cm³/mol. The molecule has 5 aromatic rings. The number of halogens is 2. The van der Waals surface area contributed by atoms with Gasteiger partial charge in [-0.2, -0.15) is 0 Å². The summed E-state index contributed by atoms with van der Waals surface area (Å²) >= 11 is 6.04. The Bertz CT molecular complexity index is 1380. The Kier molecular flexibility index (Phi) is 3.80. The molecule has 0 radical (unpaired) electrons. The maximum Gasteiger partial charge on any atom is 0.273 e. The van der Waals surface area contributed by atoms with Crippen LogP contribution in [-0.2, 0) is 6.67 Å². The predicted octanol–water partition coefficient (Wildman–Crippen LogP) is 4.96. The molecule has 0 unspecified atom stereocenters. The van der Waals surface area contributed by atoms with Gasteiger partial charge in [-0.25, -0.2) is 13.9 Å². The SMILES string of the molecule is O=c1cc(CF)nc2c(-c3c[nH]c4ccccc34)c(-c3ccc(Cl)cc3)[nH]n12. The number of alkyl halides is 1. The number of benzene rings is 2. The van der Waals surface area contributed by atoms with Crippen LogP contribution in [0.25, 0.3) is 38.9 Å². The summed E-state index contributed by atoms with van der Waals surface area (Å²) in [4.78, 5) is 20.2. The van der Waals surface area contributed by atoms with Crippen molar-refractivity contribution in [2.24, 2.45) is 0 Å². The molecule has 2 aromatic carbocycles. The van der Waals surface area contributed by atoms with Crippen molar-refractivity contribution in [1.29, 1.82) is 0 Å². The number of hydrogen-bond acceptors (Lipinski definition) is 2. The average molecular weight is 393 g/mol. The molecule has 5 nitrogen and oxygen atoms in total. The molecule has 3 heterocycles. The van der Waals surface area contributed by atoms with Gasteiger partial charge in [0.1, 0.15) is 6.67 Å². The lowest BCUT2D eigenvalue weighted by Gasteiger charge is -2.04. The summed E-state index contributed by atoms with van der Waals surface area (Å²) in [7, 11) is 0. The van der Waals surface area contributed by atoms with E-state index in [-0.39, 0.29) is 11.3 Å². The molecule has 0 aliphatic rings. The van der Waals surface area contributed by atoms with Gasteiger partial charge in [-0.05, 0) is 18.2 Å². The first-order valence-electron chi connectivity index (χ1n) is 8.69. The lowest BCUT2D eigenvalue weighted by molar-refractivity contribution is 0.475. The molecule has 0 saturated carbocycles. The molecule has 0 fully saturated rings. The number of para-hydroxylation sites is 1. The molecule has 7 heteroatoms. The minimum absolute atomic E-state index is 0.104. The van der Waals surface area contributed by atoms with Gasteiger partial charge in [0.05, 0.1) is 17.0 Å². The topological polar surface area (TPSA) is 66.0 Å². The van der Waals surface area contributed by atoms with Crippen molar-refractivity contribution in [3.8, 4) is 22.4 Å². The van der Waals surface area contributed by atoms with Crippen LogP contribution in [0.3, 0.4) is 0 Å². The molecule has 0 atom stereocenters. The van der Waals surface area contributed by atoms with Crippen LogP contribution in [0, 0.1) is 0 Å². The fourth-order valence-electron chi connectivity index (χ4n) is 3.51. The molecular weight excluding hydrogens is 379 g/mol. The normalized spacial score (nSPS) is 11.5. The Morgan fingerprint density at radius 2 is 1.89 bits per heavy atom. The van der Waals surface area contributed by atoms with Crippen molar-refractivity contribution in [3.05, 3.63) is 81.9 Å². The highest BCUT2D eigenvalue weighted by Crippen LogP contribution is 2.38. The standard InChI is InChI=1S/C21H14ClFN4O/c22-13-7-5-12(6-8-13)20-19(16-11-24-17-4-2-1-3-15(16)17)21-25-14(10-23)9-18(28)27(21)26-20/h1-9,11,24,26H,10H2. The van der Waals surface area contributed by atoms with Crippen molar-refractivity contribution in [1.82, 2.24) is 19.6 Å². The van der Waals surface area contributed by atoms with Crippen molar-refractivity contribution in [3.63, 3.8) is 0 Å². The van der Waals surface area contributed by atoms with Gasteiger partial charge in [0.25, 0.3) is 5.56 Å². The van der Waals surface area contributed by atoms with Gasteiger partial charge in [0, 0.05) is 39.3 Å². The molecule has 0 bridgehead atoms. The van der Waals surface area contributed by atoms with Crippen LogP contribution in [0.15, 0.2) is 65.6 Å². The number of fused-ring (bicyclic) bond motifs is 2. The third-order valence-corrected chi connectivity index (χ3v) is 5.05. The maximum absolute atomic E-state index is 13.3. The third-order valence-electron chi connectivity index (χ3n) is 4.80. The minimum Gasteiger partial charge on any atom is -0.361 e. The lowest BCUT2D eigenvalue weighted by Crippen LogP contribution is -2.15. The van der Waals surface area contributed by atoms with E-state index in [1.54, 1.807) is 12.1 Å². The quantitative estimate of drug-likeness (QED) is 0.455.